The van der Waals surface area contributed by atoms with Gasteiger partial charge < -0.3 is 9.47 Å². The average molecular weight is 835 g/mol. The molecule has 0 N–H and O–H groups in total. The number of aryl methyl sites for hydroxylation is 1. The van der Waals surface area contributed by atoms with Gasteiger partial charge in [-0.05, 0) is 121 Å². The molecule has 0 radical (unpaired) electrons. The van der Waals surface area contributed by atoms with Crippen molar-refractivity contribution in [2.24, 2.45) is 0 Å². The lowest BCUT2D eigenvalue weighted by molar-refractivity contribution is -0.275. The van der Waals surface area contributed by atoms with Crippen molar-refractivity contribution in [2.75, 3.05) is 0 Å². The third-order valence-corrected chi connectivity index (χ3v) is 10.1. The molecular formula is C46H23F9N4O2. The standard InChI is InChI=1S/C46H23F9N4O2/c1-24-4-6-25(7-5-24)40-36(43(58-2)59-3)21-35-39(28-12-18-32(19-13-28)61-46(53,54)55)41-34(38(42(35)40)27-10-16-31(17-11-27)60-45(50,51)52)20-33(29(22-56)23-57)37(41)26-8-14-30(15-9-26)44(47,48)49/h4-19H,20-21H2,1H3. The minimum absolute atomic E-state index is 0.0932. The third-order valence-electron chi connectivity index (χ3n) is 10.1. The highest BCUT2D eigenvalue weighted by Gasteiger charge is 2.38. The molecule has 0 saturated carbocycles. The fourth-order valence-corrected chi connectivity index (χ4v) is 7.78. The molecule has 7 rings (SSSR count). The van der Waals surface area contributed by atoms with Crippen molar-refractivity contribution in [3.63, 3.8) is 0 Å². The number of nitrogens with zero attached hydrogens (tertiary/aromatic N) is 4. The van der Waals surface area contributed by atoms with Crippen LogP contribution in [-0.4, -0.2) is 12.7 Å². The van der Waals surface area contributed by atoms with Crippen molar-refractivity contribution in [3.8, 4) is 45.9 Å². The smallest absolute Gasteiger partial charge is 0.406 e. The summed E-state index contributed by atoms with van der Waals surface area (Å²) >= 11 is 0. The Morgan fingerprint density at radius 2 is 0.934 bits per heavy atom. The Balaban J connectivity index is 1.76. The van der Waals surface area contributed by atoms with Gasteiger partial charge in [0.15, 0.2) is 0 Å². The van der Waals surface area contributed by atoms with E-state index in [1.165, 1.54) is 24.3 Å². The maximum absolute atomic E-state index is 13.8. The van der Waals surface area contributed by atoms with Gasteiger partial charge in [-0.15, -0.1) is 26.3 Å². The van der Waals surface area contributed by atoms with Crippen LogP contribution in [0.5, 0.6) is 11.5 Å². The van der Waals surface area contributed by atoms with Crippen LogP contribution >= 0.6 is 0 Å². The van der Waals surface area contributed by atoms with E-state index < -0.39 is 41.5 Å². The summed E-state index contributed by atoms with van der Waals surface area (Å²) in [4.78, 5) is 7.04. The molecule has 0 amide bonds. The summed E-state index contributed by atoms with van der Waals surface area (Å²) in [5.74, 6) is -1.47. The molecule has 0 heterocycles. The van der Waals surface area contributed by atoms with Gasteiger partial charge in [0.2, 0.25) is 0 Å². The van der Waals surface area contributed by atoms with Crippen molar-refractivity contribution in [2.45, 2.75) is 38.7 Å². The Kier molecular flexibility index (Phi) is 10.5. The predicted octanol–water partition coefficient (Wildman–Crippen LogP) is 11.0. The molecule has 2 aliphatic rings. The van der Waals surface area contributed by atoms with Crippen LogP contribution in [-0.2, 0) is 19.0 Å². The number of hydrogen-bond acceptors (Lipinski definition) is 4. The van der Waals surface area contributed by atoms with Crippen molar-refractivity contribution in [1.29, 1.82) is 10.5 Å². The van der Waals surface area contributed by atoms with Crippen LogP contribution in [0.3, 0.4) is 0 Å². The molecule has 302 valence electrons. The van der Waals surface area contributed by atoms with Gasteiger partial charge in [-0.3, -0.25) is 0 Å². The molecule has 5 aromatic rings. The molecule has 6 nitrogen and oxygen atoms in total. The molecule has 0 bridgehead atoms. The third kappa shape index (κ3) is 8.02. The second-order valence-electron chi connectivity index (χ2n) is 13.7. The molecule has 0 spiro atoms. The normalized spacial score (nSPS) is 13.4. The van der Waals surface area contributed by atoms with E-state index >= 15 is 0 Å². The van der Waals surface area contributed by atoms with E-state index in [4.69, 9.17) is 13.1 Å². The van der Waals surface area contributed by atoms with Gasteiger partial charge in [-0.25, -0.2) is 0 Å². The number of alkyl halides is 9. The first-order valence-corrected chi connectivity index (χ1v) is 17.8. The largest absolute Gasteiger partial charge is 0.573 e. The molecule has 0 atom stereocenters. The number of allylic oxidation sites excluding steroid dienone is 3. The van der Waals surface area contributed by atoms with Gasteiger partial charge in [0.25, 0.3) is 0 Å². The Morgan fingerprint density at radius 3 is 1.31 bits per heavy atom. The molecule has 0 unspecified atom stereocenters. The zero-order valence-electron chi connectivity index (χ0n) is 31.2. The number of hydrogen-bond donors (Lipinski definition) is 0. The van der Waals surface area contributed by atoms with Gasteiger partial charge in [-0.2, -0.15) is 33.4 Å². The summed E-state index contributed by atoms with van der Waals surface area (Å²) in [6.07, 6.45) is -15.2. The van der Waals surface area contributed by atoms with Crippen LogP contribution in [0.15, 0.2) is 120 Å². The second kappa shape index (κ2) is 15.4. The van der Waals surface area contributed by atoms with Gasteiger partial charge >= 0.3 is 24.7 Å². The Hall–Kier alpha value is -7.75. The first kappa shape index (κ1) is 41.4. The molecule has 5 aromatic carbocycles. The Bertz CT molecular complexity index is 2960. The van der Waals surface area contributed by atoms with Crippen molar-refractivity contribution < 1.29 is 49.0 Å². The molecular weight excluding hydrogens is 812 g/mol. The molecule has 0 fully saturated rings. The predicted molar refractivity (Wildman–Crippen MR) is 203 cm³/mol. The number of halogens is 9. The van der Waals surface area contributed by atoms with Crippen LogP contribution < -0.4 is 19.9 Å². The SMILES string of the molecule is [C-]#[N+]C([N+]#[C-])=C1Cc2c(-c3ccc(OC(F)(F)F)cc3)c3c(c(-c4ccc(OC(F)(F)F)cc4)c2=C1c1ccc(C)cc1)CC(=C(C#N)C#N)C=3c1ccc(C(F)(F)F)cc1. The highest BCUT2D eigenvalue weighted by molar-refractivity contribution is 5.98. The van der Waals surface area contributed by atoms with Crippen molar-refractivity contribution in [1.82, 2.24) is 0 Å². The highest BCUT2D eigenvalue weighted by Crippen LogP contribution is 2.44. The zero-order valence-corrected chi connectivity index (χ0v) is 31.2. The summed E-state index contributed by atoms with van der Waals surface area (Å²) < 4.78 is 130. The summed E-state index contributed by atoms with van der Waals surface area (Å²) in [7, 11) is 0. The summed E-state index contributed by atoms with van der Waals surface area (Å²) in [5.41, 5.74) is 2.86. The lowest BCUT2D eigenvalue weighted by Crippen LogP contribution is -2.25. The minimum atomic E-state index is -5.05. The lowest BCUT2D eigenvalue weighted by Gasteiger charge is -2.18. The molecule has 0 aromatic heterocycles. The maximum Gasteiger partial charge on any atom is 0.573 e. The Labute approximate surface area is 340 Å². The number of ether oxygens (including phenoxy) is 2. The summed E-state index contributed by atoms with van der Waals surface area (Å²) in [6, 6.07) is 24.3. The van der Waals surface area contributed by atoms with Crippen molar-refractivity contribution in [3.05, 3.63) is 186 Å². The van der Waals surface area contributed by atoms with Crippen LogP contribution in [0.4, 0.5) is 39.5 Å². The highest BCUT2D eigenvalue weighted by atomic mass is 19.4. The van der Waals surface area contributed by atoms with E-state index in [9.17, 15) is 50.0 Å². The molecule has 0 saturated heterocycles. The van der Waals surface area contributed by atoms with Crippen LogP contribution in [0, 0.1) is 42.7 Å². The molecule has 15 heteroatoms. The van der Waals surface area contributed by atoms with Crippen LogP contribution in [0.25, 0.3) is 43.1 Å². The van der Waals surface area contributed by atoms with E-state index in [-0.39, 0.29) is 57.3 Å². The first-order valence-electron chi connectivity index (χ1n) is 17.8. The molecule has 0 aliphatic heterocycles. The fraction of sp³-hybridized carbons (Fsp3) is 0.130. The zero-order chi connectivity index (χ0) is 44.0. The van der Waals surface area contributed by atoms with Gasteiger partial charge in [0.1, 0.15) is 42.4 Å². The first-order chi connectivity index (χ1) is 28.8. The lowest BCUT2D eigenvalue weighted by atomic mass is 9.86. The number of benzene rings is 5. The maximum atomic E-state index is 13.8. The average Bonchev–Trinajstić information content (AvgIpc) is 3.77. The molecule has 2 aliphatic carbocycles. The number of nitriles is 2. The van der Waals surface area contributed by atoms with Gasteiger partial charge in [0, 0.05) is 6.42 Å². The number of rotatable bonds is 6. The van der Waals surface area contributed by atoms with E-state index in [1.54, 1.807) is 24.3 Å². The minimum Gasteiger partial charge on any atom is -0.406 e. The quantitative estimate of drug-likeness (QED) is 0.0970. The van der Waals surface area contributed by atoms with E-state index in [2.05, 4.69) is 19.2 Å². The second-order valence-corrected chi connectivity index (χ2v) is 13.7. The topological polar surface area (TPSA) is 74.8 Å². The monoisotopic (exact) mass is 834 g/mol. The summed E-state index contributed by atoms with van der Waals surface area (Å²) in [5, 5.41) is 21.2. The van der Waals surface area contributed by atoms with E-state index in [1.807, 2.05) is 19.1 Å². The van der Waals surface area contributed by atoms with Crippen LogP contribution in [0.2, 0.25) is 0 Å². The number of fused-ring (bicyclic) bond motifs is 2. The van der Waals surface area contributed by atoms with E-state index in [0.717, 1.165) is 54.1 Å². The summed E-state index contributed by atoms with van der Waals surface area (Å²) in [6.45, 7) is 17.8. The van der Waals surface area contributed by atoms with Gasteiger partial charge in [0.05, 0.1) is 11.1 Å². The van der Waals surface area contributed by atoms with E-state index in [0.29, 0.717) is 38.6 Å². The van der Waals surface area contributed by atoms with Gasteiger partial charge in [-0.1, -0.05) is 66.2 Å². The fourth-order valence-electron chi connectivity index (χ4n) is 7.78. The Morgan fingerprint density at radius 1 is 0.557 bits per heavy atom. The van der Waals surface area contributed by atoms with Crippen molar-refractivity contribution >= 4 is 11.1 Å². The van der Waals surface area contributed by atoms with Crippen LogP contribution in [0.1, 0.15) is 33.4 Å². The molecule has 61 heavy (non-hydrogen) atoms.